The number of carbonyl (C=O) groups is 1. The Morgan fingerprint density at radius 1 is 1.26 bits per heavy atom. The fourth-order valence-corrected chi connectivity index (χ4v) is 3.31. The van der Waals surface area contributed by atoms with E-state index in [1.54, 1.807) is 6.92 Å². The molecule has 0 spiro atoms. The fourth-order valence-electron chi connectivity index (χ4n) is 1.63. The third-order valence-corrected chi connectivity index (χ3v) is 4.27. The van der Waals surface area contributed by atoms with E-state index in [2.05, 4.69) is 10.1 Å². The van der Waals surface area contributed by atoms with Crippen molar-refractivity contribution < 1.29 is 17.9 Å². The molecule has 19 heavy (non-hydrogen) atoms. The van der Waals surface area contributed by atoms with E-state index < -0.39 is 21.6 Å². The molecule has 0 aromatic rings. The Kier molecular flexibility index (Phi) is 7.59. The van der Waals surface area contributed by atoms with Gasteiger partial charge in [0.15, 0.2) is 9.84 Å². The normalized spacial score (nSPS) is 14.2. The molecule has 0 amide bonds. The van der Waals surface area contributed by atoms with Gasteiger partial charge in [0.05, 0.1) is 12.4 Å². The topological polar surface area (TPSA) is 72.5 Å². The van der Waals surface area contributed by atoms with Gasteiger partial charge in [-0.3, -0.25) is 4.79 Å². The van der Waals surface area contributed by atoms with Crippen LogP contribution in [-0.4, -0.2) is 45.1 Å². The summed E-state index contributed by atoms with van der Waals surface area (Å²) in [4.78, 5) is 11.3. The number of hydrogen-bond donors (Lipinski definition) is 1. The van der Waals surface area contributed by atoms with Crippen LogP contribution in [0.4, 0.5) is 0 Å². The lowest BCUT2D eigenvalue weighted by Gasteiger charge is -2.31. The molecule has 0 rings (SSSR count). The number of ether oxygens (including phenoxy) is 1. The van der Waals surface area contributed by atoms with Crippen LogP contribution in [0.15, 0.2) is 0 Å². The molecule has 6 heteroatoms. The summed E-state index contributed by atoms with van der Waals surface area (Å²) in [5, 5.41) is 3.24. The predicted octanol–water partition coefficient (Wildman–Crippen LogP) is 1.38. The van der Waals surface area contributed by atoms with Crippen LogP contribution in [-0.2, 0) is 19.4 Å². The third-order valence-electron chi connectivity index (χ3n) is 2.75. The SMILES string of the molecule is CCCNC(CS(=O)(=O)CC(=O)OCC)C(C)(C)C. The van der Waals surface area contributed by atoms with Crippen molar-refractivity contribution in [1.82, 2.24) is 5.32 Å². The molecule has 0 aliphatic heterocycles. The minimum atomic E-state index is -3.45. The summed E-state index contributed by atoms with van der Waals surface area (Å²) in [7, 11) is -3.45. The Morgan fingerprint density at radius 2 is 1.84 bits per heavy atom. The summed E-state index contributed by atoms with van der Waals surface area (Å²) in [6.45, 7) is 10.6. The van der Waals surface area contributed by atoms with Gasteiger partial charge in [-0.15, -0.1) is 0 Å². The predicted molar refractivity (Wildman–Crippen MR) is 76.8 cm³/mol. The lowest BCUT2D eigenvalue weighted by Crippen LogP contribution is -2.46. The van der Waals surface area contributed by atoms with E-state index in [1.165, 1.54) is 0 Å². The zero-order valence-corrected chi connectivity index (χ0v) is 13.5. The van der Waals surface area contributed by atoms with Crippen LogP contribution >= 0.6 is 0 Å². The zero-order chi connectivity index (χ0) is 15.1. The molecule has 5 nitrogen and oxygen atoms in total. The summed E-state index contributed by atoms with van der Waals surface area (Å²) < 4.78 is 28.7. The van der Waals surface area contributed by atoms with Gasteiger partial charge in [0.1, 0.15) is 5.75 Å². The molecule has 114 valence electrons. The maximum Gasteiger partial charge on any atom is 0.321 e. The van der Waals surface area contributed by atoms with Crippen molar-refractivity contribution in [3.8, 4) is 0 Å². The van der Waals surface area contributed by atoms with Crippen LogP contribution < -0.4 is 5.32 Å². The molecule has 0 bridgehead atoms. The molecule has 0 aromatic heterocycles. The second-order valence-electron chi connectivity index (χ2n) is 5.73. The molecule has 0 saturated heterocycles. The molecule has 0 radical (unpaired) electrons. The lowest BCUT2D eigenvalue weighted by molar-refractivity contribution is -0.139. The highest BCUT2D eigenvalue weighted by Gasteiger charge is 2.30. The standard InChI is InChI=1S/C13H27NO4S/c1-6-8-14-11(13(3,4)5)9-19(16,17)10-12(15)18-7-2/h11,14H,6-10H2,1-5H3. The molecule has 1 N–H and O–H groups in total. The molecular formula is C13H27NO4S. The van der Waals surface area contributed by atoms with Crippen molar-refractivity contribution in [2.45, 2.75) is 47.1 Å². The highest BCUT2D eigenvalue weighted by atomic mass is 32.2. The maximum absolute atomic E-state index is 12.0. The Bertz CT molecular complexity index is 371. The Balaban J connectivity index is 4.68. The number of esters is 1. The molecule has 1 unspecified atom stereocenters. The van der Waals surface area contributed by atoms with Gasteiger partial charge < -0.3 is 10.1 Å². The molecular weight excluding hydrogens is 266 g/mol. The molecule has 0 saturated carbocycles. The van der Waals surface area contributed by atoms with E-state index in [4.69, 9.17) is 0 Å². The van der Waals surface area contributed by atoms with Gasteiger partial charge in [-0.2, -0.15) is 0 Å². The summed E-state index contributed by atoms with van der Waals surface area (Å²) >= 11 is 0. The van der Waals surface area contributed by atoms with Crippen molar-refractivity contribution in [3.63, 3.8) is 0 Å². The van der Waals surface area contributed by atoms with Crippen molar-refractivity contribution in [1.29, 1.82) is 0 Å². The maximum atomic E-state index is 12.0. The second kappa shape index (κ2) is 7.85. The summed E-state index contributed by atoms with van der Waals surface area (Å²) in [6.07, 6.45) is 0.935. The van der Waals surface area contributed by atoms with Crippen LogP contribution in [0, 0.1) is 5.41 Å². The lowest BCUT2D eigenvalue weighted by atomic mass is 9.88. The first-order valence-electron chi connectivity index (χ1n) is 6.71. The second-order valence-corrected chi connectivity index (χ2v) is 7.84. The van der Waals surface area contributed by atoms with Gasteiger partial charge in [0, 0.05) is 6.04 Å². The monoisotopic (exact) mass is 293 g/mol. The zero-order valence-electron chi connectivity index (χ0n) is 12.7. The van der Waals surface area contributed by atoms with Crippen molar-refractivity contribution in [3.05, 3.63) is 0 Å². The van der Waals surface area contributed by atoms with Crippen LogP contribution in [0.25, 0.3) is 0 Å². The van der Waals surface area contributed by atoms with Gasteiger partial charge in [-0.1, -0.05) is 27.7 Å². The van der Waals surface area contributed by atoms with Gasteiger partial charge in [-0.25, -0.2) is 8.42 Å². The summed E-state index contributed by atoms with van der Waals surface area (Å²) in [6, 6.07) is -0.174. The van der Waals surface area contributed by atoms with Crippen LogP contribution in [0.1, 0.15) is 41.0 Å². The van der Waals surface area contributed by atoms with Gasteiger partial charge in [0.25, 0.3) is 0 Å². The average Bonchev–Trinajstić information content (AvgIpc) is 2.22. The number of carbonyl (C=O) groups excluding carboxylic acids is 1. The van der Waals surface area contributed by atoms with Crippen molar-refractivity contribution >= 4 is 15.8 Å². The third kappa shape index (κ3) is 8.21. The fraction of sp³-hybridized carbons (Fsp3) is 0.923. The smallest absolute Gasteiger partial charge is 0.321 e. The number of sulfone groups is 1. The first kappa shape index (κ1) is 18.4. The van der Waals surface area contributed by atoms with Crippen molar-refractivity contribution in [2.75, 3.05) is 24.7 Å². The van der Waals surface area contributed by atoms with Crippen LogP contribution in [0.3, 0.4) is 0 Å². The Morgan fingerprint density at radius 3 is 2.26 bits per heavy atom. The summed E-state index contributed by atoms with van der Waals surface area (Å²) in [5.41, 5.74) is -0.184. The quantitative estimate of drug-likeness (QED) is 0.684. The Labute approximate surface area is 117 Å². The van der Waals surface area contributed by atoms with Gasteiger partial charge in [-0.05, 0) is 25.3 Å². The van der Waals surface area contributed by atoms with Crippen LogP contribution in [0.5, 0.6) is 0 Å². The first-order valence-corrected chi connectivity index (χ1v) is 8.54. The molecule has 0 aromatic carbocycles. The van der Waals surface area contributed by atoms with Gasteiger partial charge >= 0.3 is 5.97 Å². The number of rotatable bonds is 8. The van der Waals surface area contributed by atoms with E-state index in [9.17, 15) is 13.2 Å². The molecule has 0 heterocycles. The highest BCUT2D eigenvalue weighted by molar-refractivity contribution is 7.92. The highest BCUT2D eigenvalue weighted by Crippen LogP contribution is 2.21. The average molecular weight is 293 g/mol. The van der Waals surface area contributed by atoms with E-state index in [1.807, 2.05) is 27.7 Å². The largest absolute Gasteiger partial charge is 0.465 e. The van der Waals surface area contributed by atoms with E-state index >= 15 is 0 Å². The molecule has 0 aliphatic carbocycles. The van der Waals surface area contributed by atoms with E-state index in [0.717, 1.165) is 13.0 Å². The minimum absolute atomic E-state index is 0.0463. The first-order chi connectivity index (χ1) is 8.62. The van der Waals surface area contributed by atoms with E-state index in [-0.39, 0.29) is 23.8 Å². The minimum Gasteiger partial charge on any atom is -0.465 e. The van der Waals surface area contributed by atoms with Crippen LogP contribution in [0.2, 0.25) is 0 Å². The number of nitrogens with one attached hydrogen (secondary N) is 1. The molecule has 0 aliphatic rings. The number of hydrogen-bond acceptors (Lipinski definition) is 5. The Hall–Kier alpha value is -0.620. The van der Waals surface area contributed by atoms with Gasteiger partial charge in [0.2, 0.25) is 0 Å². The van der Waals surface area contributed by atoms with Crippen molar-refractivity contribution in [2.24, 2.45) is 5.41 Å². The van der Waals surface area contributed by atoms with E-state index in [0.29, 0.717) is 0 Å². The summed E-state index contributed by atoms with van der Waals surface area (Å²) in [5.74, 6) is -1.26. The molecule has 0 fully saturated rings. The molecule has 1 atom stereocenters.